The molecular formula is C5H4N2O2. The zero-order valence-electron chi connectivity index (χ0n) is 4.52. The first-order chi connectivity index (χ1) is 4.39. The summed E-state index contributed by atoms with van der Waals surface area (Å²) in [5.41, 5.74) is 0. The van der Waals surface area contributed by atoms with Crippen molar-refractivity contribution in [3.63, 3.8) is 0 Å². The summed E-state index contributed by atoms with van der Waals surface area (Å²) < 4.78 is 0. The van der Waals surface area contributed by atoms with Crippen molar-refractivity contribution in [2.24, 2.45) is 10.4 Å². The first-order valence-electron chi connectivity index (χ1n) is 2.33. The van der Waals surface area contributed by atoms with Crippen molar-refractivity contribution in [1.82, 2.24) is 0 Å². The average molecular weight is 124 g/mol. The van der Waals surface area contributed by atoms with Gasteiger partial charge in [-0.25, -0.2) is 0 Å². The number of hydrogen-bond acceptors (Lipinski definition) is 3. The molecule has 0 saturated carbocycles. The summed E-state index contributed by atoms with van der Waals surface area (Å²) in [4.78, 5) is 14.7. The standard InChI is InChI=1S/C5H4N2O2/c8-5-3-1-2-4-9-7-6-5/h1-4H/b3-1-,4-2-,7-6?. The second-order valence-electron chi connectivity index (χ2n) is 1.31. The molecule has 1 aliphatic heterocycles. The quantitative estimate of drug-likeness (QED) is 0.483. The predicted molar refractivity (Wildman–Crippen MR) is 29.2 cm³/mol. The van der Waals surface area contributed by atoms with Crippen LogP contribution in [-0.4, -0.2) is 5.91 Å². The van der Waals surface area contributed by atoms with Gasteiger partial charge in [0, 0.05) is 11.4 Å². The molecule has 4 heteroatoms. The molecular weight excluding hydrogens is 120 g/mol. The van der Waals surface area contributed by atoms with Crippen molar-refractivity contribution in [2.45, 2.75) is 0 Å². The van der Waals surface area contributed by atoms with E-state index in [9.17, 15) is 4.79 Å². The molecule has 1 aliphatic rings. The Labute approximate surface area is 51.5 Å². The van der Waals surface area contributed by atoms with Crippen molar-refractivity contribution in [2.75, 3.05) is 0 Å². The van der Waals surface area contributed by atoms with E-state index in [0.717, 1.165) is 0 Å². The molecule has 0 bridgehead atoms. The van der Waals surface area contributed by atoms with Gasteiger partial charge in [0.2, 0.25) is 0 Å². The Balaban J connectivity index is 2.72. The third-order valence-electron chi connectivity index (χ3n) is 0.676. The summed E-state index contributed by atoms with van der Waals surface area (Å²) in [6.07, 6.45) is 5.70. The molecule has 0 radical (unpaired) electrons. The molecule has 9 heavy (non-hydrogen) atoms. The van der Waals surface area contributed by atoms with E-state index in [1.807, 2.05) is 0 Å². The summed E-state index contributed by atoms with van der Waals surface area (Å²) in [5.74, 6) is -0.417. The summed E-state index contributed by atoms with van der Waals surface area (Å²) >= 11 is 0. The Morgan fingerprint density at radius 3 is 3.22 bits per heavy atom. The highest BCUT2D eigenvalue weighted by Gasteiger charge is 1.89. The first-order valence-corrected chi connectivity index (χ1v) is 2.33. The van der Waals surface area contributed by atoms with Gasteiger partial charge >= 0.3 is 0 Å². The van der Waals surface area contributed by atoms with Gasteiger partial charge in [0.15, 0.2) is 0 Å². The second kappa shape index (κ2) is 2.76. The molecule has 0 aromatic heterocycles. The molecule has 0 aromatic rings. The van der Waals surface area contributed by atoms with Crippen LogP contribution in [0.5, 0.6) is 0 Å². The van der Waals surface area contributed by atoms with Crippen LogP contribution in [0.3, 0.4) is 0 Å². The number of rotatable bonds is 0. The van der Waals surface area contributed by atoms with Crippen LogP contribution in [0.25, 0.3) is 0 Å². The van der Waals surface area contributed by atoms with Crippen LogP contribution < -0.4 is 0 Å². The van der Waals surface area contributed by atoms with Crippen LogP contribution in [0.15, 0.2) is 34.9 Å². The lowest BCUT2D eigenvalue weighted by atomic mass is 10.5. The lowest BCUT2D eigenvalue weighted by Gasteiger charge is -1.85. The number of nitrogens with zero attached hydrogens (tertiary/aromatic N) is 2. The maximum Gasteiger partial charge on any atom is 0.291 e. The molecule has 1 amide bonds. The van der Waals surface area contributed by atoms with E-state index >= 15 is 0 Å². The highest BCUT2D eigenvalue weighted by molar-refractivity contribution is 5.88. The fourth-order valence-electron chi connectivity index (χ4n) is 0.343. The summed E-state index contributed by atoms with van der Waals surface area (Å²) in [7, 11) is 0. The van der Waals surface area contributed by atoms with Gasteiger partial charge in [0.1, 0.15) is 6.26 Å². The van der Waals surface area contributed by atoms with Crippen molar-refractivity contribution < 1.29 is 9.63 Å². The van der Waals surface area contributed by atoms with Crippen LogP contribution in [0.1, 0.15) is 0 Å². The molecule has 1 rings (SSSR count). The third kappa shape index (κ3) is 1.85. The number of carbonyl (C=O) groups excluding carboxylic acids is 1. The molecule has 4 nitrogen and oxygen atoms in total. The summed E-state index contributed by atoms with van der Waals surface area (Å²) in [5, 5.41) is 6.16. The van der Waals surface area contributed by atoms with E-state index in [-0.39, 0.29) is 0 Å². The number of hydrogen-bond donors (Lipinski definition) is 0. The van der Waals surface area contributed by atoms with E-state index in [1.165, 1.54) is 18.4 Å². The molecule has 1 heterocycles. The predicted octanol–water partition coefficient (Wildman–Crippen LogP) is 0.980. The van der Waals surface area contributed by atoms with E-state index in [0.29, 0.717) is 0 Å². The SMILES string of the molecule is O=C1/C=C\C=C/ON=N1. The minimum absolute atomic E-state index is 0.417. The monoisotopic (exact) mass is 124 g/mol. The number of allylic oxidation sites excluding steroid dienone is 2. The molecule has 0 unspecified atom stereocenters. The largest absolute Gasteiger partial charge is 0.347 e. The van der Waals surface area contributed by atoms with Crippen molar-refractivity contribution >= 4 is 5.91 Å². The number of carbonyl (C=O) groups is 1. The van der Waals surface area contributed by atoms with Crippen molar-refractivity contribution in [3.05, 3.63) is 24.5 Å². The Morgan fingerprint density at radius 2 is 2.33 bits per heavy atom. The molecule has 0 aliphatic carbocycles. The van der Waals surface area contributed by atoms with Crippen molar-refractivity contribution in [1.29, 1.82) is 0 Å². The smallest absolute Gasteiger partial charge is 0.291 e. The highest BCUT2D eigenvalue weighted by atomic mass is 16.6. The highest BCUT2D eigenvalue weighted by Crippen LogP contribution is 1.90. The summed E-state index contributed by atoms with van der Waals surface area (Å²) in [6, 6.07) is 0. The topological polar surface area (TPSA) is 51.0 Å². The fourth-order valence-corrected chi connectivity index (χ4v) is 0.343. The van der Waals surface area contributed by atoms with Gasteiger partial charge in [-0.1, -0.05) is 11.2 Å². The molecule has 0 atom stereocenters. The minimum Gasteiger partial charge on any atom is -0.347 e. The molecule has 0 N–H and O–H groups in total. The lowest BCUT2D eigenvalue weighted by molar-refractivity contribution is -0.114. The zero-order chi connectivity index (χ0) is 6.53. The Bertz CT molecular complexity index is 193. The Hall–Kier alpha value is -1.45. The Morgan fingerprint density at radius 1 is 1.44 bits per heavy atom. The fraction of sp³-hybridized carbons (Fsp3) is 0. The van der Waals surface area contributed by atoms with Gasteiger partial charge in [-0.15, -0.1) is 0 Å². The van der Waals surface area contributed by atoms with E-state index in [1.54, 1.807) is 6.08 Å². The van der Waals surface area contributed by atoms with Crippen molar-refractivity contribution in [3.8, 4) is 0 Å². The van der Waals surface area contributed by atoms with Gasteiger partial charge in [-0.3, -0.25) is 4.79 Å². The van der Waals surface area contributed by atoms with E-state index in [4.69, 9.17) is 0 Å². The Kier molecular flexibility index (Phi) is 1.74. The molecule has 0 saturated heterocycles. The third-order valence-corrected chi connectivity index (χ3v) is 0.676. The van der Waals surface area contributed by atoms with Crippen LogP contribution >= 0.6 is 0 Å². The lowest BCUT2D eigenvalue weighted by Crippen LogP contribution is -1.85. The van der Waals surface area contributed by atoms with Crippen LogP contribution in [-0.2, 0) is 9.63 Å². The molecule has 46 valence electrons. The molecule has 0 spiro atoms. The van der Waals surface area contributed by atoms with Gasteiger partial charge in [0.25, 0.3) is 5.91 Å². The maximum absolute atomic E-state index is 10.4. The van der Waals surface area contributed by atoms with Crippen LogP contribution in [0.4, 0.5) is 0 Å². The first kappa shape index (κ1) is 5.68. The van der Waals surface area contributed by atoms with Gasteiger partial charge < -0.3 is 4.84 Å². The molecule has 0 aromatic carbocycles. The normalized spacial score (nSPS) is 23.8. The van der Waals surface area contributed by atoms with E-state index in [2.05, 4.69) is 15.2 Å². The van der Waals surface area contributed by atoms with Gasteiger partial charge in [0.05, 0.1) is 0 Å². The van der Waals surface area contributed by atoms with Crippen LogP contribution in [0.2, 0.25) is 0 Å². The van der Waals surface area contributed by atoms with Crippen LogP contribution in [0, 0.1) is 0 Å². The van der Waals surface area contributed by atoms with Gasteiger partial charge in [-0.05, 0) is 6.08 Å². The number of amides is 1. The minimum atomic E-state index is -0.417. The maximum atomic E-state index is 10.4. The zero-order valence-corrected chi connectivity index (χ0v) is 4.52. The van der Waals surface area contributed by atoms with Gasteiger partial charge in [-0.2, -0.15) is 0 Å². The second-order valence-corrected chi connectivity index (χ2v) is 1.31. The molecule has 0 fully saturated rings. The average Bonchev–Trinajstić information content (AvgIpc) is 1.79. The van der Waals surface area contributed by atoms with E-state index < -0.39 is 5.91 Å². The summed E-state index contributed by atoms with van der Waals surface area (Å²) in [6.45, 7) is 0.